The highest BCUT2D eigenvalue weighted by molar-refractivity contribution is 9.12. The fraction of sp³-hybridized carbons (Fsp3) is 0.750. The average molecular weight is 270 g/mol. The lowest BCUT2D eigenvalue weighted by atomic mass is 9.88. The topological polar surface area (TPSA) is 20.3 Å². The van der Waals surface area contributed by atoms with Crippen LogP contribution in [0.4, 0.5) is 0 Å². The van der Waals surface area contributed by atoms with E-state index in [1.54, 1.807) is 4.90 Å². The zero-order valence-electron chi connectivity index (χ0n) is 9.00. The first-order valence-electron chi connectivity index (χ1n) is 5.57. The van der Waals surface area contributed by atoms with Gasteiger partial charge in [0.15, 0.2) is 0 Å². The van der Waals surface area contributed by atoms with Crippen molar-refractivity contribution in [2.45, 2.75) is 25.7 Å². The molecule has 2 aliphatic rings. The van der Waals surface area contributed by atoms with Gasteiger partial charge in [-0.3, -0.25) is 4.79 Å². The molecule has 2 fully saturated rings. The fourth-order valence-electron chi connectivity index (χ4n) is 3.17. The van der Waals surface area contributed by atoms with E-state index < -0.39 is 0 Å². The highest BCUT2D eigenvalue weighted by Gasteiger charge is 2.39. The van der Waals surface area contributed by atoms with Crippen molar-refractivity contribution >= 4 is 21.8 Å². The number of hydrogen-bond donors (Lipinski definition) is 0. The molecule has 2 bridgehead atoms. The van der Waals surface area contributed by atoms with Crippen LogP contribution in [0.1, 0.15) is 25.7 Å². The number of amides is 1. The van der Waals surface area contributed by atoms with Gasteiger partial charge in [-0.25, -0.2) is 0 Å². The minimum atomic E-state index is -0.0744. The Morgan fingerprint density at radius 1 is 1.47 bits per heavy atom. The molecule has 0 saturated heterocycles. The number of nitrogens with zero attached hydrogens (tertiary/aromatic N) is 1. The Kier molecular flexibility index (Phi) is 3.35. The molecule has 0 aliphatic heterocycles. The van der Waals surface area contributed by atoms with Crippen LogP contribution < -0.4 is 0 Å². The zero-order chi connectivity index (χ0) is 10.8. The van der Waals surface area contributed by atoms with Crippen LogP contribution in [0.5, 0.6) is 0 Å². The Morgan fingerprint density at radius 2 is 2.27 bits per heavy atom. The van der Waals surface area contributed by atoms with E-state index in [1.165, 1.54) is 25.7 Å². The van der Waals surface area contributed by atoms with Gasteiger partial charge in [0.2, 0.25) is 0 Å². The SMILES string of the molecule is CN(CC1CC2CCC1C2)C(=O)C#CBr. The summed E-state index contributed by atoms with van der Waals surface area (Å²) < 4.78 is 0. The van der Waals surface area contributed by atoms with Crippen LogP contribution in [0, 0.1) is 28.5 Å². The lowest BCUT2D eigenvalue weighted by Crippen LogP contribution is -2.32. The third kappa shape index (κ3) is 2.36. The molecule has 0 aromatic carbocycles. The predicted octanol–water partition coefficient (Wildman–Crippen LogP) is 2.24. The Balaban J connectivity index is 1.86. The van der Waals surface area contributed by atoms with Gasteiger partial charge in [-0.1, -0.05) is 6.42 Å². The highest BCUT2D eigenvalue weighted by atomic mass is 79.9. The first kappa shape index (κ1) is 11.0. The number of hydrogen-bond acceptors (Lipinski definition) is 1. The van der Waals surface area contributed by atoms with Crippen molar-refractivity contribution in [2.75, 3.05) is 13.6 Å². The van der Waals surface area contributed by atoms with Crippen molar-refractivity contribution in [2.24, 2.45) is 17.8 Å². The highest BCUT2D eigenvalue weighted by Crippen LogP contribution is 2.48. The van der Waals surface area contributed by atoms with Crippen LogP contribution in [0.2, 0.25) is 0 Å². The maximum absolute atomic E-state index is 11.5. The molecule has 3 unspecified atom stereocenters. The van der Waals surface area contributed by atoms with E-state index in [9.17, 15) is 4.79 Å². The van der Waals surface area contributed by atoms with E-state index in [2.05, 4.69) is 26.7 Å². The molecule has 2 saturated carbocycles. The van der Waals surface area contributed by atoms with E-state index in [0.29, 0.717) is 0 Å². The molecule has 0 heterocycles. The summed E-state index contributed by atoms with van der Waals surface area (Å²) in [7, 11) is 1.85. The number of carbonyl (C=O) groups excluding carboxylic acids is 1. The molecule has 82 valence electrons. The Hall–Kier alpha value is -0.490. The Bertz CT molecular complexity index is 317. The van der Waals surface area contributed by atoms with Gasteiger partial charge in [-0.2, -0.15) is 0 Å². The number of fused-ring (bicyclic) bond motifs is 2. The monoisotopic (exact) mass is 269 g/mol. The molecule has 0 aromatic rings. The van der Waals surface area contributed by atoms with Crippen LogP contribution in [0.3, 0.4) is 0 Å². The van der Waals surface area contributed by atoms with E-state index >= 15 is 0 Å². The molecule has 2 aliphatic carbocycles. The van der Waals surface area contributed by atoms with Crippen molar-refractivity contribution in [1.82, 2.24) is 4.90 Å². The molecule has 0 N–H and O–H groups in total. The summed E-state index contributed by atoms with van der Waals surface area (Å²) in [5.41, 5.74) is 0. The summed E-state index contributed by atoms with van der Waals surface area (Å²) in [5.74, 6) is 5.00. The summed E-state index contributed by atoms with van der Waals surface area (Å²) in [5, 5.41) is 0. The lowest BCUT2D eigenvalue weighted by Gasteiger charge is -2.25. The van der Waals surface area contributed by atoms with Crippen LogP contribution in [-0.2, 0) is 4.79 Å². The van der Waals surface area contributed by atoms with Gasteiger partial charge in [-0.15, -0.1) is 0 Å². The van der Waals surface area contributed by atoms with E-state index in [4.69, 9.17) is 0 Å². The zero-order valence-corrected chi connectivity index (χ0v) is 10.6. The molecule has 2 nitrogen and oxygen atoms in total. The maximum atomic E-state index is 11.5. The van der Waals surface area contributed by atoms with Gasteiger partial charge in [0.05, 0.1) is 0 Å². The van der Waals surface area contributed by atoms with Crippen LogP contribution in [0.25, 0.3) is 0 Å². The summed E-state index contributed by atoms with van der Waals surface area (Å²) in [6, 6.07) is 0. The van der Waals surface area contributed by atoms with Crippen LogP contribution in [-0.4, -0.2) is 24.4 Å². The molecule has 3 atom stereocenters. The predicted molar refractivity (Wildman–Crippen MR) is 63.3 cm³/mol. The lowest BCUT2D eigenvalue weighted by molar-refractivity contribution is -0.124. The minimum absolute atomic E-state index is 0.0744. The Labute approximate surface area is 99.5 Å². The van der Waals surface area contributed by atoms with Crippen molar-refractivity contribution in [3.8, 4) is 10.8 Å². The van der Waals surface area contributed by atoms with Gasteiger partial charge in [0.1, 0.15) is 0 Å². The van der Waals surface area contributed by atoms with Gasteiger partial charge in [-0.05, 0) is 41.8 Å². The minimum Gasteiger partial charge on any atom is -0.335 e. The van der Waals surface area contributed by atoms with Gasteiger partial charge in [0.25, 0.3) is 5.91 Å². The number of rotatable bonds is 2. The van der Waals surface area contributed by atoms with Crippen molar-refractivity contribution < 1.29 is 4.79 Å². The quantitative estimate of drug-likeness (QED) is 0.705. The van der Waals surface area contributed by atoms with E-state index in [0.717, 1.165) is 24.3 Å². The molecule has 1 amide bonds. The molecule has 15 heavy (non-hydrogen) atoms. The van der Waals surface area contributed by atoms with Crippen molar-refractivity contribution in [1.29, 1.82) is 0 Å². The van der Waals surface area contributed by atoms with Gasteiger partial charge in [0, 0.05) is 35.4 Å². The van der Waals surface area contributed by atoms with E-state index in [-0.39, 0.29) is 5.91 Å². The normalized spacial score (nSPS) is 32.3. The number of halogens is 1. The Morgan fingerprint density at radius 3 is 2.80 bits per heavy atom. The second kappa shape index (κ2) is 4.57. The smallest absolute Gasteiger partial charge is 0.299 e. The molecular formula is C12H16BrNO. The largest absolute Gasteiger partial charge is 0.335 e. The second-order valence-electron chi connectivity index (χ2n) is 4.84. The molecule has 2 rings (SSSR count). The standard InChI is InChI=1S/C12H16BrNO/c1-14(12(15)4-5-13)8-11-7-9-2-3-10(11)6-9/h9-11H,2-3,6-8H2,1H3. The summed E-state index contributed by atoms with van der Waals surface area (Å²) in [6.07, 6.45) is 5.52. The van der Waals surface area contributed by atoms with Gasteiger partial charge >= 0.3 is 0 Å². The third-order valence-corrected chi connectivity index (χ3v) is 4.09. The summed E-state index contributed by atoms with van der Waals surface area (Å²) in [4.78, 5) is 15.7. The van der Waals surface area contributed by atoms with Crippen molar-refractivity contribution in [3.05, 3.63) is 0 Å². The number of carbonyl (C=O) groups is 1. The first-order chi connectivity index (χ1) is 7.20. The van der Waals surface area contributed by atoms with Crippen LogP contribution >= 0.6 is 15.9 Å². The maximum Gasteiger partial charge on any atom is 0.299 e. The molecular weight excluding hydrogens is 254 g/mol. The molecule has 3 heteroatoms. The fourth-order valence-corrected chi connectivity index (χ4v) is 3.34. The second-order valence-corrected chi connectivity index (χ2v) is 5.24. The first-order valence-corrected chi connectivity index (χ1v) is 6.36. The molecule has 0 aromatic heterocycles. The summed E-state index contributed by atoms with van der Waals surface area (Å²) >= 11 is 2.95. The average Bonchev–Trinajstić information content (AvgIpc) is 2.79. The summed E-state index contributed by atoms with van der Waals surface area (Å²) in [6.45, 7) is 0.891. The van der Waals surface area contributed by atoms with Gasteiger partial charge < -0.3 is 4.90 Å². The van der Waals surface area contributed by atoms with Crippen LogP contribution in [0.15, 0.2) is 0 Å². The molecule has 0 radical (unpaired) electrons. The van der Waals surface area contributed by atoms with Crippen molar-refractivity contribution in [3.63, 3.8) is 0 Å². The third-order valence-electron chi connectivity index (χ3n) is 3.89. The van der Waals surface area contributed by atoms with E-state index in [1.807, 2.05) is 7.05 Å². The molecule has 0 spiro atoms.